The Morgan fingerprint density at radius 2 is 1.02 bits per heavy atom. The van der Waals surface area contributed by atoms with Crippen LogP contribution in [0.4, 0.5) is 0 Å². The maximum Gasteiger partial charge on any atom is 0.306 e. The van der Waals surface area contributed by atoms with Gasteiger partial charge in [-0.25, -0.2) is 0 Å². The number of carboxylic acid groups (broad SMARTS) is 2. The summed E-state index contributed by atoms with van der Waals surface area (Å²) < 4.78 is 23.4. The molecular weight excluding hydrogens is 696 g/mol. The van der Waals surface area contributed by atoms with E-state index in [4.69, 9.17) is 29.2 Å². The van der Waals surface area contributed by atoms with E-state index in [0.29, 0.717) is 36.6 Å². The molecule has 0 spiro atoms. The number of rotatable bonds is 21. The van der Waals surface area contributed by atoms with Crippen molar-refractivity contribution in [2.45, 2.75) is 79.0 Å². The summed E-state index contributed by atoms with van der Waals surface area (Å²) in [5, 5.41) is 43.5. The number of aryl methyl sites for hydroxylation is 2. The summed E-state index contributed by atoms with van der Waals surface area (Å²) in [6, 6.07) is 16.0. The molecule has 6 N–H and O–H groups in total. The molecular formula is C40H50N4O10. The summed E-state index contributed by atoms with van der Waals surface area (Å²) in [7, 11) is 3.04. The summed E-state index contributed by atoms with van der Waals surface area (Å²) in [5.74, 6) is -0.515. The number of benzene rings is 2. The van der Waals surface area contributed by atoms with Crippen LogP contribution < -0.4 is 29.6 Å². The van der Waals surface area contributed by atoms with Gasteiger partial charge in [0.15, 0.2) is 0 Å². The average molecular weight is 747 g/mol. The Morgan fingerprint density at radius 3 is 1.37 bits per heavy atom. The third-order valence-corrected chi connectivity index (χ3v) is 8.92. The molecule has 0 saturated heterocycles. The summed E-state index contributed by atoms with van der Waals surface area (Å²) in [6.45, 7) is 9.36. The predicted octanol–water partition coefficient (Wildman–Crippen LogP) is 4.40. The number of aliphatic hydroxyl groups is 2. The van der Waals surface area contributed by atoms with Crippen LogP contribution in [0.25, 0.3) is 11.1 Å². The van der Waals surface area contributed by atoms with Crippen molar-refractivity contribution in [3.8, 4) is 34.6 Å². The van der Waals surface area contributed by atoms with E-state index in [1.54, 1.807) is 0 Å². The highest BCUT2D eigenvalue weighted by Gasteiger charge is 2.17. The molecule has 14 nitrogen and oxygen atoms in total. The molecule has 0 amide bonds. The van der Waals surface area contributed by atoms with Crippen LogP contribution >= 0.6 is 0 Å². The molecule has 0 fully saturated rings. The zero-order chi connectivity index (χ0) is 39.4. The molecule has 0 saturated carbocycles. The van der Waals surface area contributed by atoms with Crippen LogP contribution in [-0.2, 0) is 35.9 Å². The number of carbonyl (C=O) groups is 2. The number of ether oxygens (including phenoxy) is 4. The number of pyridine rings is 2. The highest BCUT2D eigenvalue weighted by Crippen LogP contribution is 2.32. The Bertz CT molecular complexity index is 1780. The van der Waals surface area contributed by atoms with Crippen molar-refractivity contribution in [1.29, 1.82) is 0 Å². The van der Waals surface area contributed by atoms with Crippen LogP contribution in [0.15, 0.2) is 48.5 Å². The first-order valence-electron chi connectivity index (χ1n) is 17.5. The van der Waals surface area contributed by atoms with Gasteiger partial charge in [0.25, 0.3) is 0 Å². The fourth-order valence-electron chi connectivity index (χ4n) is 6.02. The van der Waals surface area contributed by atoms with Gasteiger partial charge in [0.05, 0.1) is 39.3 Å². The quantitative estimate of drug-likeness (QED) is 0.0701. The van der Waals surface area contributed by atoms with E-state index >= 15 is 0 Å². The van der Waals surface area contributed by atoms with Gasteiger partial charge in [0.1, 0.15) is 13.2 Å². The summed E-state index contributed by atoms with van der Waals surface area (Å²) >= 11 is 0. The van der Waals surface area contributed by atoms with Gasteiger partial charge in [-0.15, -0.1) is 0 Å². The van der Waals surface area contributed by atoms with Gasteiger partial charge in [-0.3, -0.25) is 9.59 Å². The first-order valence-corrected chi connectivity index (χ1v) is 17.5. The second-order valence-corrected chi connectivity index (χ2v) is 13.1. The first-order chi connectivity index (χ1) is 25.8. The van der Waals surface area contributed by atoms with Crippen LogP contribution in [0.3, 0.4) is 0 Å². The fraction of sp³-hybridized carbons (Fsp3) is 0.400. The van der Waals surface area contributed by atoms with E-state index in [2.05, 4.69) is 46.6 Å². The van der Waals surface area contributed by atoms with Crippen molar-refractivity contribution < 1.29 is 49.0 Å². The number of nitrogens with zero attached hydrogens (tertiary/aromatic N) is 2. The lowest BCUT2D eigenvalue weighted by atomic mass is 9.92. The molecule has 54 heavy (non-hydrogen) atoms. The third kappa shape index (κ3) is 11.4. The van der Waals surface area contributed by atoms with Gasteiger partial charge < -0.3 is 50.0 Å². The second-order valence-electron chi connectivity index (χ2n) is 13.1. The van der Waals surface area contributed by atoms with Crippen LogP contribution in [0.5, 0.6) is 23.5 Å². The van der Waals surface area contributed by atoms with Gasteiger partial charge >= 0.3 is 11.9 Å². The van der Waals surface area contributed by atoms with E-state index in [9.17, 15) is 19.8 Å². The molecule has 0 aliphatic carbocycles. The number of nitrogens with one attached hydrogen (secondary N) is 2. The molecule has 0 aliphatic heterocycles. The lowest BCUT2D eigenvalue weighted by Crippen LogP contribution is -2.28. The number of aromatic nitrogens is 2. The molecule has 14 heteroatoms. The third-order valence-electron chi connectivity index (χ3n) is 8.92. The Balaban J connectivity index is 1.43. The Kier molecular flexibility index (Phi) is 15.1. The topological polar surface area (TPSA) is 202 Å². The average Bonchev–Trinajstić information content (AvgIpc) is 3.11. The van der Waals surface area contributed by atoms with Gasteiger partial charge in [-0.1, -0.05) is 36.4 Å². The van der Waals surface area contributed by atoms with Crippen molar-refractivity contribution >= 4 is 11.9 Å². The fourth-order valence-corrected chi connectivity index (χ4v) is 6.02. The van der Waals surface area contributed by atoms with Gasteiger partial charge in [-0.2, -0.15) is 9.97 Å². The van der Waals surface area contributed by atoms with Crippen molar-refractivity contribution in [2.75, 3.05) is 27.3 Å². The van der Waals surface area contributed by atoms with Crippen LogP contribution in [0.2, 0.25) is 0 Å². The summed E-state index contributed by atoms with van der Waals surface area (Å²) in [4.78, 5) is 30.8. The zero-order valence-electron chi connectivity index (χ0n) is 31.6. The van der Waals surface area contributed by atoms with Crippen molar-refractivity contribution in [1.82, 2.24) is 20.6 Å². The van der Waals surface area contributed by atoms with Crippen molar-refractivity contribution in [3.63, 3.8) is 0 Å². The number of carboxylic acids is 2. The Morgan fingerprint density at radius 1 is 0.630 bits per heavy atom. The normalized spacial score (nSPS) is 12.2. The van der Waals surface area contributed by atoms with Crippen LogP contribution in [0, 0.1) is 27.7 Å². The number of hydrogen-bond acceptors (Lipinski definition) is 12. The molecule has 2 aromatic heterocycles. The number of aliphatic carboxylic acids is 2. The van der Waals surface area contributed by atoms with E-state index in [1.807, 2.05) is 50.2 Å². The molecule has 4 aromatic rings. The van der Waals surface area contributed by atoms with E-state index in [0.717, 1.165) is 55.6 Å². The van der Waals surface area contributed by atoms with Crippen LogP contribution in [0.1, 0.15) is 57.3 Å². The van der Waals surface area contributed by atoms with Crippen molar-refractivity contribution in [3.05, 3.63) is 93.0 Å². The van der Waals surface area contributed by atoms with Crippen molar-refractivity contribution in [2.24, 2.45) is 0 Å². The molecule has 0 bridgehead atoms. The van der Waals surface area contributed by atoms with Gasteiger partial charge in [-0.05, 0) is 73.2 Å². The SMILES string of the molecule is COc1nc(OCc2cccc(-c3cccc(COc4nc(OC)c(CNC[C@@H](O)CC(=O)O)cc4C)c3C)c2C)c(C)cc1CNC[C@@H](O)CC(=O)O. The molecule has 2 heterocycles. The largest absolute Gasteiger partial charge is 0.481 e. The summed E-state index contributed by atoms with van der Waals surface area (Å²) in [6.07, 6.45) is -2.69. The van der Waals surface area contributed by atoms with E-state index in [-0.39, 0.29) is 39.1 Å². The smallest absolute Gasteiger partial charge is 0.306 e. The second kappa shape index (κ2) is 19.7. The highest BCUT2D eigenvalue weighted by atomic mass is 16.5. The predicted molar refractivity (Wildman–Crippen MR) is 201 cm³/mol. The lowest BCUT2D eigenvalue weighted by Gasteiger charge is -2.18. The van der Waals surface area contributed by atoms with E-state index in [1.165, 1.54) is 14.2 Å². The van der Waals surface area contributed by atoms with Gasteiger partial charge in [0, 0.05) is 48.4 Å². The maximum atomic E-state index is 10.8. The molecule has 2 aromatic carbocycles. The zero-order valence-corrected chi connectivity index (χ0v) is 31.6. The standard InChI is InChI=1S/C40H50N4O10/c1-23-13-29(17-41-19-31(45)15-35(47)48)39(51-5)43-37(23)53-21-27-9-7-11-33(25(27)3)34-12-8-10-28(26(34)4)22-54-38-24(2)14-30(40(44-38)52-6)18-42-20-32(46)16-36(49)50/h7-14,31-32,41-42,45-46H,15-22H2,1-6H3,(H,47,48)(H,49,50)/t31-,32-/m0/s1. The molecule has 290 valence electrons. The minimum absolute atomic E-state index is 0.115. The molecule has 0 aliphatic rings. The van der Waals surface area contributed by atoms with E-state index < -0.39 is 24.1 Å². The summed E-state index contributed by atoms with van der Waals surface area (Å²) in [5.41, 5.74) is 9.34. The minimum atomic E-state index is -1.06. The molecule has 2 atom stereocenters. The molecule has 0 radical (unpaired) electrons. The first kappa shape index (κ1) is 41.5. The monoisotopic (exact) mass is 746 g/mol. The minimum Gasteiger partial charge on any atom is -0.481 e. The molecule has 4 rings (SSSR count). The van der Waals surface area contributed by atoms with Gasteiger partial charge in [0.2, 0.25) is 23.5 Å². The van der Waals surface area contributed by atoms with Crippen LogP contribution in [-0.4, -0.2) is 81.8 Å². The number of aliphatic hydroxyl groups excluding tert-OH is 2. The Hall–Kier alpha value is -5.28. The highest BCUT2D eigenvalue weighted by molar-refractivity contribution is 5.72. The number of hydrogen-bond donors (Lipinski definition) is 6. The maximum absolute atomic E-state index is 10.8. The number of methoxy groups -OCH3 is 2. The lowest BCUT2D eigenvalue weighted by molar-refractivity contribution is -0.140. The molecule has 0 unspecified atom stereocenters. The Labute approximate surface area is 315 Å².